The number of aromatic amines is 1. The van der Waals surface area contributed by atoms with Crippen molar-refractivity contribution >= 4 is 40.8 Å². The van der Waals surface area contributed by atoms with Crippen LogP contribution in [0.25, 0.3) is 10.9 Å². The second-order valence-corrected chi connectivity index (χ2v) is 7.46. The van der Waals surface area contributed by atoms with Crippen molar-refractivity contribution in [2.24, 2.45) is 10.9 Å². The van der Waals surface area contributed by atoms with Crippen LogP contribution in [0, 0.1) is 12.8 Å². The number of nitrogens with one attached hydrogen (secondary N) is 3. The summed E-state index contributed by atoms with van der Waals surface area (Å²) in [6.45, 7) is 11.1. The maximum atomic E-state index is 5.42. The van der Waals surface area contributed by atoms with E-state index in [0.29, 0.717) is 5.92 Å². The van der Waals surface area contributed by atoms with Crippen molar-refractivity contribution in [3.05, 3.63) is 35.5 Å². The SMILES string of the molecule is CN=C(NCCc1c[nH]c2c(C)cccc12)NCC(C)CN1CCOCC1.I. The van der Waals surface area contributed by atoms with Crippen LogP contribution in [-0.4, -0.2) is 68.8 Å². The number of aliphatic imine (C=N–C) groups is 1. The van der Waals surface area contributed by atoms with Gasteiger partial charge < -0.3 is 20.4 Å². The number of fused-ring (bicyclic) bond motifs is 1. The summed E-state index contributed by atoms with van der Waals surface area (Å²) >= 11 is 0. The lowest BCUT2D eigenvalue weighted by molar-refractivity contribution is 0.0320. The first-order chi connectivity index (χ1) is 13.2. The van der Waals surface area contributed by atoms with Crippen molar-refractivity contribution in [3.63, 3.8) is 0 Å². The van der Waals surface area contributed by atoms with Crippen molar-refractivity contribution in [1.29, 1.82) is 0 Å². The molecule has 28 heavy (non-hydrogen) atoms. The maximum Gasteiger partial charge on any atom is 0.190 e. The summed E-state index contributed by atoms with van der Waals surface area (Å²) in [5.74, 6) is 1.44. The maximum absolute atomic E-state index is 5.42. The molecule has 1 fully saturated rings. The number of aryl methyl sites for hydroxylation is 1. The molecule has 6 nitrogen and oxygen atoms in total. The smallest absolute Gasteiger partial charge is 0.190 e. The summed E-state index contributed by atoms with van der Waals surface area (Å²) in [4.78, 5) is 10.2. The van der Waals surface area contributed by atoms with Crippen LogP contribution in [0.1, 0.15) is 18.1 Å². The monoisotopic (exact) mass is 499 g/mol. The van der Waals surface area contributed by atoms with Gasteiger partial charge >= 0.3 is 0 Å². The summed E-state index contributed by atoms with van der Waals surface area (Å²) in [6, 6.07) is 6.46. The molecule has 0 radical (unpaired) electrons. The van der Waals surface area contributed by atoms with Crippen LogP contribution < -0.4 is 10.6 Å². The molecule has 2 heterocycles. The predicted octanol–water partition coefficient (Wildman–Crippen LogP) is 2.77. The molecule has 1 unspecified atom stereocenters. The van der Waals surface area contributed by atoms with Crippen LogP contribution >= 0.6 is 24.0 Å². The quantitative estimate of drug-likeness (QED) is 0.312. The highest BCUT2D eigenvalue weighted by Crippen LogP contribution is 2.21. The number of halogens is 1. The largest absolute Gasteiger partial charge is 0.379 e. The lowest BCUT2D eigenvalue weighted by atomic mass is 10.1. The van der Waals surface area contributed by atoms with Crippen LogP contribution in [0.3, 0.4) is 0 Å². The van der Waals surface area contributed by atoms with E-state index in [4.69, 9.17) is 4.74 Å². The number of nitrogens with zero attached hydrogens (tertiary/aromatic N) is 2. The highest BCUT2D eigenvalue weighted by molar-refractivity contribution is 14.0. The number of ether oxygens (including phenoxy) is 1. The molecule has 0 amide bonds. The van der Waals surface area contributed by atoms with Crippen molar-refractivity contribution in [3.8, 4) is 0 Å². The molecular weight excluding hydrogens is 465 g/mol. The zero-order valence-corrected chi connectivity index (χ0v) is 19.6. The Hall–Kier alpha value is -1.32. The fourth-order valence-electron chi connectivity index (χ4n) is 3.67. The first-order valence-corrected chi connectivity index (χ1v) is 9.97. The number of aromatic nitrogens is 1. The van der Waals surface area contributed by atoms with Gasteiger partial charge in [-0.15, -0.1) is 24.0 Å². The van der Waals surface area contributed by atoms with Gasteiger partial charge in [-0.2, -0.15) is 0 Å². The van der Waals surface area contributed by atoms with Gasteiger partial charge in [-0.3, -0.25) is 9.89 Å². The summed E-state index contributed by atoms with van der Waals surface area (Å²) in [7, 11) is 1.83. The van der Waals surface area contributed by atoms with Crippen molar-refractivity contribution in [2.75, 3.05) is 53.0 Å². The third kappa shape index (κ3) is 6.35. The predicted molar refractivity (Wildman–Crippen MR) is 128 cm³/mol. The van der Waals surface area contributed by atoms with Crippen LogP contribution in [0.2, 0.25) is 0 Å². The van der Waals surface area contributed by atoms with E-state index in [1.54, 1.807) is 0 Å². The molecule has 1 aliphatic heterocycles. The molecule has 7 heteroatoms. The molecule has 1 aromatic heterocycles. The van der Waals surface area contributed by atoms with Gasteiger partial charge in [0.1, 0.15) is 0 Å². The molecule has 3 N–H and O–H groups in total. The number of benzene rings is 1. The fourth-order valence-corrected chi connectivity index (χ4v) is 3.67. The number of para-hydroxylation sites is 1. The van der Waals surface area contributed by atoms with E-state index in [9.17, 15) is 0 Å². The number of rotatable bonds is 7. The van der Waals surface area contributed by atoms with E-state index in [-0.39, 0.29) is 24.0 Å². The first kappa shape index (κ1) is 23.0. The van der Waals surface area contributed by atoms with E-state index in [2.05, 4.69) is 63.8 Å². The van der Waals surface area contributed by atoms with E-state index in [1.165, 1.54) is 22.0 Å². The Bertz CT molecular complexity index is 754. The molecule has 1 saturated heterocycles. The molecule has 0 saturated carbocycles. The van der Waals surface area contributed by atoms with Crippen LogP contribution in [-0.2, 0) is 11.2 Å². The molecule has 0 bridgehead atoms. The minimum Gasteiger partial charge on any atom is -0.379 e. The first-order valence-electron chi connectivity index (χ1n) is 9.97. The molecule has 0 aliphatic carbocycles. The summed E-state index contributed by atoms with van der Waals surface area (Å²) in [5, 5.41) is 8.21. The third-order valence-corrected chi connectivity index (χ3v) is 5.21. The van der Waals surface area contributed by atoms with E-state index in [1.807, 2.05) is 7.05 Å². The van der Waals surface area contributed by atoms with Gasteiger partial charge in [0.25, 0.3) is 0 Å². The molecular formula is C21H34IN5O. The van der Waals surface area contributed by atoms with Crippen LogP contribution in [0.15, 0.2) is 29.4 Å². The Balaban J connectivity index is 0.00000280. The highest BCUT2D eigenvalue weighted by Gasteiger charge is 2.14. The van der Waals surface area contributed by atoms with Gasteiger partial charge in [-0.25, -0.2) is 0 Å². The summed E-state index contributed by atoms with van der Waals surface area (Å²) in [5.41, 5.74) is 3.88. The van der Waals surface area contributed by atoms with Gasteiger partial charge in [-0.1, -0.05) is 25.1 Å². The molecule has 156 valence electrons. The summed E-state index contributed by atoms with van der Waals surface area (Å²) < 4.78 is 5.42. The number of hydrogen-bond acceptors (Lipinski definition) is 3. The van der Waals surface area contributed by atoms with E-state index >= 15 is 0 Å². The zero-order chi connectivity index (χ0) is 19.1. The molecule has 1 aliphatic rings. The van der Waals surface area contributed by atoms with Gasteiger partial charge in [0.15, 0.2) is 5.96 Å². The van der Waals surface area contributed by atoms with Gasteiger partial charge in [-0.05, 0) is 30.4 Å². The standard InChI is InChI=1S/C21H33N5O.HI/c1-16(15-26-9-11-27-12-10-26)13-25-21(22-3)23-8-7-18-14-24-20-17(2)5-4-6-19(18)20;/h4-6,14,16,24H,7-13,15H2,1-3H3,(H2,22,23,25);1H. The van der Waals surface area contributed by atoms with Crippen LogP contribution in [0.5, 0.6) is 0 Å². The van der Waals surface area contributed by atoms with Crippen molar-refractivity contribution in [2.45, 2.75) is 20.3 Å². The Morgan fingerprint density at radius 2 is 2.07 bits per heavy atom. The Morgan fingerprint density at radius 1 is 1.29 bits per heavy atom. The zero-order valence-electron chi connectivity index (χ0n) is 17.3. The average Bonchev–Trinajstić information content (AvgIpc) is 3.10. The Labute approximate surface area is 185 Å². The Kier molecular flexibility index (Phi) is 9.53. The van der Waals surface area contributed by atoms with Crippen LogP contribution in [0.4, 0.5) is 0 Å². The topological polar surface area (TPSA) is 64.7 Å². The second kappa shape index (κ2) is 11.6. The highest BCUT2D eigenvalue weighted by atomic mass is 127. The lowest BCUT2D eigenvalue weighted by Crippen LogP contribution is -2.44. The van der Waals surface area contributed by atoms with E-state index in [0.717, 1.165) is 58.3 Å². The van der Waals surface area contributed by atoms with Crippen molar-refractivity contribution < 1.29 is 4.74 Å². The Morgan fingerprint density at radius 3 is 2.82 bits per heavy atom. The molecule has 1 aromatic carbocycles. The number of hydrogen-bond donors (Lipinski definition) is 3. The number of H-pyrrole nitrogens is 1. The number of guanidine groups is 1. The van der Waals surface area contributed by atoms with Crippen molar-refractivity contribution in [1.82, 2.24) is 20.5 Å². The molecule has 0 spiro atoms. The third-order valence-electron chi connectivity index (χ3n) is 5.21. The van der Waals surface area contributed by atoms with Gasteiger partial charge in [0, 0.05) is 56.9 Å². The van der Waals surface area contributed by atoms with Gasteiger partial charge in [0.05, 0.1) is 13.2 Å². The molecule has 1 atom stereocenters. The summed E-state index contributed by atoms with van der Waals surface area (Å²) in [6.07, 6.45) is 3.09. The minimum absolute atomic E-state index is 0. The molecule has 2 aromatic rings. The normalized spacial score (nSPS) is 16.6. The van der Waals surface area contributed by atoms with Gasteiger partial charge in [0.2, 0.25) is 0 Å². The number of morpholine rings is 1. The molecule has 3 rings (SSSR count). The minimum atomic E-state index is 0. The lowest BCUT2D eigenvalue weighted by Gasteiger charge is -2.29. The second-order valence-electron chi connectivity index (χ2n) is 7.46. The average molecular weight is 499 g/mol. The van der Waals surface area contributed by atoms with E-state index < -0.39 is 0 Å². The fraction of sp³-hybridized carbons (Fsp3) is 0.571.